The van der Waals surface area contributed by atoms with Crippen molar-refractivity contribution in [1.29, 1.82) is 0 Å². The molecule has 1 N–H and O–H groups in total. The van der Waals surface area contributed by atoms with Gasteiger partial charge in [-0.15, -0.1) is 0 Å². The summed E-state index contributed by atoms with van der Waals surface area (Å²) in [6.07, 6.45) is 5.93. The molecule has 20 heavy (non-hydrogen) atoms. The molecule has 2 aromatic rings. The van der Waals surface area contributed by atoms with Crippen LogP contribution in [0.15, 0.2) is 41.6 Å². The van der Waals surface area contributed by atoms with Crippen LogP contribution < -0.4 is 5.43 Å². The first-order valence-electron chi connectivity index (χ1n) is 6.76. The summed E-state index contributed by atoms with van der Waals surface area (Å²) in [6.45, 7) is 2.04. The van der Waals surface area contributed by atoms with Gasteiger partial charge in [0.05, 0.1) is 11.9 Å². The van der Waals surface area contributed by atoms with Gasteiger partial charge in [-0.25, -0.2) is 0 Å². The average molecular weight is 284 g/mol. The number of aromatic nitrogens is 1. The van der Waals surface area contributed by atoms with Crippen molar-refractivity contribution < 1.29 is 0 Å². The maximum Gasteiger partial charge on any atom is 0.189 e. The fourth-order valence-corrected chi connectivity index (χ4v) is 2.62. The molecular formula is C15H16N4S. The summed E-state index contributed by atoms with van der Waals surface area (Å²) in [5.41, 5.74) is 3.77. The average Bonchev–Trinajstić information content (AvgIpc) is 3.02. The molecule has 5 heteroatoms. The van der Waals surface area contributed by atoms with Gasteiger partial charge < -0.3 is 4.90 Å². The molecule has 3 rings (SSSR count). The molecule has 0 spiro atoms. The van der Waals surface area contributed by atoms with Crippen LogP contribution in [-0.4, -0.2) is 34.3 Å². The van der Waals surface area contributed by atoms with Crippen LogP contribution in [0.5, 0.6) is 0 Å². The van der Waals surface area contributed by atoms with Crippen LogP contribution in [0.25, 0.3) is 10.8 Å². The molecule has 1 aromatic heterocycles. The van der Waals surface area contributed by atoms with E-state index in [1.807, 2.05) is 24.3 Å². The number of fused-ring (bicyclic) bond motifs is 1. The number of nitrogens with zero attached hydrogens (tertiary/aromatic N) is 3. The summed E-state index contributed by atoms with van der Waals surface area (Å²) in [5, 5.41) is 7.16. The van der Waals surface area contributed by atoms with E-state index in [-0.39, 0.29) is 0 Å². The number of hydrogen-bond acceptors (Lipinski definition) is 3. The highest BCUT2D eigenvalue weighted by Crippen LogP contribution is 2.14. The zero-order valence-electron chi connectivity index (χ0n) is 11.1. The fourth-order valence-electron chi connectivity index (χ4n) is 2.39. The van der Waals surface area contributed by atoms with Crippen LogP contribution in [0.3, 0.4) is 0 Å². The molecule has 0 radical (unpaired) electrons. The first-order valence-corrected chi connectivity index (χ1v) is 7.17. The predicted molar refractivity (Wildman–Crippen MR) is 85.9 cm³/mol. The molecule has 1 saturated heterocycles. The zero-order valence-corrected chi connectivity index (χ0v) is 11.9. The van der Waals surface area contributed by atoms with E-state index in [0.29, 0.717) is 5.11 Å². The number of nitrogens with one attached hydrogen (secondary N) is 1. The van der Waals surface area contributed by atoms with E-state index >= 15 is 0 Å². The van der Waals surface area contributed by atoms with E-state index in [4.69, 9.17) is 12.2 Å². The Bertz CT molecular complexity index is 642. The van der Waals surface area contributed by atoms with E-state index < -0.39 is 0 Å². The second kappa shape index (κ2) is 5.96. The first-order chi connectivity index (χ1) is 9.84. The molecule has 102 valence electrons. The summed E-state index contributed by atoms with van der Waals surface area (Å²) in [7, 11) is 0. The van der Waals surface area contributed by atoms with Crippen LogP contribution in [0.4, 0.5) is 0 Å². The Balaban J connectivity index is 1.72. The van der Waals surface area contributed by atoms with Gasteiger partial charge in [-0.1, -0.05) is 24.3 Å². The van der Waals surface area contributed by atoms with Gasteiger partial charge in [0, 0.05) is 24.7 Å². The second-order valence-electron chi connectivity index (χ2n) is 4.79. The van der Waals surface area contributed by atoms with Crippen molar-refractivity contribution in [2.24, 2.45) is 5.10 Å². The lowest BCUT2D eigenvalue weighted by atomic mass is 10.1. The van der Waals surface area contributed by atoms with Gasteiger partial charge >= 0.3 is 0 Å². The van der Waals surface area contributed by atoms with Crippen molar-refractivity contribution in [3.8, 4) is 0 Å². The molecule has 0 bridgehead atoms. The molecule has 0 unspecified atom stereocenters. The van der Waals surface area contributed by atoms with E-state index in [1.165, 1.54) is 12.8 Å². The Morgan fingerprint density at radius 2 is 2.05 bits per heavy atom. The van der Waals surface area contributed by atoms with Crippen molar-refractivity contribution in [3.05, 3.63) is 42.2 Å². The number of benzene rings is 1. The summed E-state index contributed by atoms with van der Waals surface area (Å²) < 4.78 is 0. The lowest BCUT2D eigenvalue weighted by Crippen LogP contribution is -2.34. The quantitative estimate of drug-likeness (QED) is 0.523. The van der Waals surface area contributed by atoms with E-state index in [0.717, 1.165) is 29.6 Å². The second-order valence-corrected chi connectivity index (χ2v) is 5.17. The molecule has 1 fully saturated rings. The maximum atomic E-state index is 5.31. The molecule has 0 aliphatic carbocycles. The minimum absolute atomic E-state index is 0.694. The number of hydrazone groups is 1. The summed E-state index contributed by atoms with van der Waals surface area (Å²) in [4.78, 5) is 6.50. The number of hydrogen-bond donors (Lipinski definition) is 1. The SMILES string of the molecule is S=C(N/N=C/c1nccc2ccccc12)N1CCCC1. The van der Waals surface area contributed by atoms with Crippen LogP contribution in [-0.2, 0) is 0 Å². The van der Waals surface area contributed by atoms with Crippen molar-refractivity contribution in [3.63, 3.8) is 0 Å². The molecule has 1 aromatic carbocycles. The van der Waals surface area contributed by atoms with Gasteiger partial charge in [0.15, 0.2) is 5.11 Å². The fraction of sp³-hybridized carbons (Fsp3) is 0.267. The maximum absolute atomic E-state index is 5.31. The van der Waals surface area contributed by atoms with Crippen molar-refractivity contribution >= 4 is 34.3 Å². The highest BCUT2D eigenvalue weighted by atomic mass is 32.1. The summed E-state index contributed by atoms with van der Waals surface area (Å²) in [5.74, 6) is 0. The van der Waals surface area contributed by atoms with Crippen molar-refractivity contribution in [2.75, 3.05) is 13.1 Å². The Kier molecular flexibility index (Phi) is 3.87. The van der Waals surface area contributed by atoms with Gasteiger partial charge in [0.1, 0.15) is 0 Å². The molecule has 1 aliphatic rings. The van der Waals surface area contributed by atoms with Crippen LogP contribution in [0.2, 0.25) is 0 Å². The molecule has 0 atom stereocenters. The zero-order chi connectivity index (χ0) is 13.8. The largest absolute Gasteiger partial charge is 0.348 e. The normalized spacial score (nSPS) is 15.1. The Morgan fingerprint density at radius 1 is 1.25 bits per heavy atom. The molecular weight excluding hydrogens is 268 g/mol. The predicted octanol–water partition coefficient (Wildman–Crippen LogP) is 2.54. The minimum Gasteiger partial charge on any atom is -0.348 e. The van der Waals surface area contributed by atoms with Crippen molar-refractivity contribution in [2.45, 2.75) is 12.8 Å². The third-order valence-corrected chi connectivity index (χ3v) is 3.79. The number of likely N-dealkylation sites (tertiary alicyclic amines) is 1. The molecule has 1 aliphatic heterocycles. The van der Waals surface area contributed by atoms with E-state index in [2.05, 4.69) is 26.5 Å². The van der Waals surface area contributed by atoms with Crippen LogP contribution in [0, 0.1) is 0 Å². The van der Waals surface area contributed by atoms with Gasteiger partial charge in [0.25, 0.3) is 0 Å². The first kappa shape index (κ1) is 13.0. The van der Waals surface area contributed by atoms with Gasteiger partial charge in [-0.05, 0) is 36.5 Å². The highest BCUT2D eigenvalue weighted by molar-refractivity contribution is 7.80. The highest BCUT2D eigenvalue weighted by Gasteiger charge is 2.13. The smallest absolute Gasteiger partial charge is 0.189 e. The van der Waals surface area contributed by atoms with E-state index in [9.17, 15) is 0 Å². The van der Waals surface area contributed by atoms with Crippen LogP contribution >= 0.6 is 12.2 Å². The van der Waals surface area contributed by atoms with Gasteiger partial charge in [-0.2, -0.15) is 5.10 Å². The number of rotatable bonds is 2. The molecule has 0 amide bonds. The van der Waals surface area contributed by atoms with Crippen LogP contribution in [0.1, 0.15) is 18.5 Å². The van der Waals surface area contributed by atoms with E-state index in [1.54, 1.807) is 12.4 Å². The summed E-state index contributed by atoms with van der Waals surface area (Å²) >= 11 is 5.31. The lowest BCUT2D eigenvalue weighted by Gasteiger charge is -2.16. The standard InChI is InChI=1S/C15H16N4S/c20-15(19-9-3-4-10-19)18-17-11-14-13-6-2-1-5-12(13)7-8-16-14/h1-2,5-8,11H,3-4,9-10H2,(H,18,20)/b17-11+. The molecule has 2 heterocycles. The topological polar surface area (TPSA) is 40.5 Å². The minimum atomic E-state index is 0.694. The number of thiocarbonyl (C=S) groups is 1. The Morgan fingerprint density at radius 3 is 2.90 bits per heavy atom. The number of pyridine rings is 1. The van der Waals surface area contributed by atoms with Crippen molar-refractivity contribution in [1.82, 2.24) is 15.3 Å². The monoisotopic (exact) mass is 284 g/mol. The Labute approximate surface area is 123 Å². The lowest BCUT2D eigenvalue weighted by molar-refractivity contribution is 0.509. The van der Waals surface area contributed by atoms with Gasteiger partial charge in [0.2, 0.25) is 0 Å². The Hall–Kier alpha value is -2.01. The van der Waals surface area contributed by atoms with Gasteiger partial charge in [-0.3, -0.25) is 10.4 Å². The third kappa shape index (κ3) is 2.77. The molecule has 0 saturated carbocycles. The molecule has 4 nitrogen and oxygen atoms in total. The summed E-state index contributed by atoms with van der Waals surface area (Å²) in [6, 6.07) is 10.1. The third-order valence-electron chi connectivity index (χ3n) is 3.44.